The van der Waals surface area contributed by atoms with E-state index in [9.17, 15) is 23.2 Å². The van der Waals surface area contributed by atoms with Gasteiger partial charge in [0, 0.05) is 0 Å². The van der Waals surface area contributed by atoms with Crippen molar-refractivity contribution in [3.63, 3.8) is 0 Å². The molecule has 0 aliphatic heterocycles. The highest BCUT2D eigenvalue weighted by Gasteiger charge is 2.20. The Kier molecular flexibility index (Phi) is 7.62. The third-order valence-corrected chi connectivity index (χ3v) is 3.77. The topological polar surface area (TPSA) is 81.7 Å². The number of nitrogens with one attached hydrogen (secondary N) is 1. The molecule has 2 rings (SSSR count). The molecular weight excluding hydrogens is 372 g/mol. The number of carbonyl (C=O) groups excluding carboxylic acids is 3. The van der Waals surface area contributed by atoms with Crippen LogP contribution in [-0.4, -0.2) is 36.9 Å². The first-order valence-corrected chi connectivity index (χ1v) is 8.41. The van der Waals surface area contributed by atoms with Crippen molar-refractivity contribution in [2.45, 2.75) is 26.0 Å². The number of amides is 1. The molecule has 0 saturated heterocycles. The molecule has 2 aromatic carbocycles. The van der Waals surface area contributed by atoms with Gasteiger partial charge in [-0.3, -0.25) is 9.59 Å². The van der Waals surface area contributed by atoms with E-state index in [2.05, 4.69) is 10.1 Å². The van der Waals surface area contributed by atoms with Gasteiger partial charge in [0.1, 0.15) is 11.3 Å². The van der Waals surface area contributed by atoms with Crippen LogP contribution < -0.4 is 10.1 Å². The Labute approximate surface area is 160 Å². The van der Waals surface area contributed by atoms with Gasteiger partial charge in [0.05, 0.1) is 6.04 Å². The lowest BCUT2D eigenvalue weighted by atomic mass is 10.0. The number of hydrogen-bond donors (Lipinski definition) is 1. The fourth-order valence-corrected chi connectivity index (χ4v) is 2.43. The first-order valence-electron chi connectivity index (χ1n) is 8.41. The molecule has 0 radical (unpaired) electrons. The molecule has 0 fully saturated rings. The maximum Gasteiger partial charge on any atom is 0.387 e. The first kappa shape index (κ1) is 21.0. The zero-order chi connectivity index (χ0) is 20.5. The zero-order valence-electron chi connectivity index (χ0n) is 15.1. The Hall–Kier alpha value is -3.29. The number of ketones is 1. The van der Waals surface area contributed by atoms with E-state index in [0.717, 1.165) is 5.56 Å². The van der Waals surface area contributed by atoms with Crippen LogP contribution in [0.25, 0.3) is 0 Å². The minimum atomic E-state index is -3.11. The molecule has 0 unspecified atom stereocenters. The van der Waals surface area contributed by atoms with Crippen molar-refractivity contribution in [3.8, 4) is 5.75 Å². The molecule has 0 bridgehead atoms. The van der Waals surface area contributed by atoms with Crippen molar-refractivity contribution < 1.29 is 32.6 Å². The van der Waals surface area contributed by atoms with Crippen LogP contribution in [0.15, 0.2) is 54.6 Å². The van der Waals surface area contributed by atoms with Crippen molar-refractivity contribution in [2.24, 2.45) is 0 Å². The summed E-state index contributed by atoms with van der Waals surface area (Å²) in [5.41, 5.74) is 0.626. The van der Waals surface area contributed by atoms with Crippen LogP contribution in [0, 0.1) is 0 Å². The number of ether oxygens (including phenoxy) is 2. The number of esters is 1. The molecule has 1 N–H and O–H groups in total. The van der Waals surface area contributed by atoms with Crippen molar-refractivity contribution >= 4 is 17.7 Å². The van der Waals surface area contributed by atoms with Crippen molar-refractivity contribution in [1.29, 1.82) is 0 Å². The van der Waals surface area contributed by atoms with Crippen molar-refractivity contribution in [1.82, 2.24) is 5.32 Å². The smallest absolute Gasteiger partial charge is 0.387 e. The summed E-state index contributed by atoms with van der Waals surface area (Å²) in [6.45, 7) is -2.43. The zero-order valence-corrected chi connectivity index (χ0v) is 15.1. The van der Waals surface area contributed by atoms with E-state index in [1.54, 1.807) is 0 Å². The maximum absolute atomic E-state index is 12.4. The Bertz CT molecular complexity index is 826. The number of alkyl halides is 2. The fourth-order valence-electron chi connectivity index (χ4n) is 2.43. The number of para-hydroxylation sites is 1. The molecule has 0 heterocycles. The summed E-state index contributed by atoms with van der Waals surface area (Å²) in [6.07, 6.45) is 0.293. The number of Topliss-reactive ketones (excluding diaryl/α,β-unsaturated/α-hetero) is 1. The molecule has 0 aromatic heterocycles. The first-order chi connectivity index (χ1) is 13.4. The molecule has 148 valence electrons. The molecule has 0 aliphatic carbocycles. The van der Waals surface area contributed by atoms with Crippen LogP contribution in [0.4, 0.5) is 8.78 Å². The summed E-state index contributed by atoms with van der Waals surface area (Å²) in [5.74, 6) is -2.28. The Balaban J connectivity index is 1.93. The number of benzene rings is 2. The molecule has 8 heteroatoms. The fraction of sp³-hybridized carbons (Fsp3) is 0.250. The van der Waals surface area contributed by atoms with E-state index < -0.39 is 31.1 Å². The quantitative estimate of drug-likeness (QED) is 0.665. The average Bonchev–Trinajstić information content (AvgIpc) is 2.66. The summed E-state index contributed by atoms with van der Waals surface area (Å²) in [5, 5.41) is 2.50. The largest absolute Gasteiger partial charge is 0.452 e. The molecule has 0 aliphatic rings. The third-order valence-electron chi connectivity index (χ3n) is 3.77. The summed E-state index contributed by atoms with van der Waals surface area (Å²) >= 11 is 0. The van der Waals surface area contributed by atoms with Crippen molar-refractivity contribution in [2.75, 3.05) is 6.61 Å². The van der Waals surface area contributed by atoms with Crippen molar-refractivity contribution in [3.05, 3.63) is 65.7 Å². The highest BCUT2D eigenvalue weighted by Crippen LogP contribution is 2.21. The molecular formula is C20H19F2NO5. The van der Waals surface area contributed by atoms with Crippen LogP contribution in [0.2, 0.25) is 0 Å². The number of carbonyl (C=O) groups is 3. The second kappa shape index (κ2) is 10.1. The van der Waals surface area contributed by atoms with Gasteiger partial charge in [0.25, 0.3) is 5.91 Å². The van der Waals surface area contributed by atoms with Gasteiger partial charge in [0.2, 0.25) is 0 Å². The van der Waals surface area contributed by atoms with Gasteiger partial charge >= 0.3 is 12.6 Å². The van der Waals surface area contributed by atoms with E-state index in [4.69, 9.17) is 4.74 Å². The third kappa shape index (κ3) is 6.46. The van der Waals surface area contributed by atoms with Gasteiger partial charge < -0.3 is 14.8 Å². The maximum atomic E-state index is 12.4. The number of halogens is 2. The van der Waals surface area contributed by atoms with Gasteiger partial charge in [-0.25, -0.2) is 4.79 Å². The minimum absolute atomic E-state index is 0.233. The Morgan fingerprint density at radius 1 is 1.00 bits per heavy atom. The molecule has 0 saturated carbocycles. The van der Waals surface area contributed by atoms with Crippen LogP contribution in [0.1, 0.15) is 22.8 Å². The SMILES string of the molecule is CC(=O)[C@@H](Cc1ccccc1)NC(=O)COC(=O)c1ccccc1OC(F)F. The number of rotatable bonds is 9. The van der Waals surface area contributed by atoms with E-state index >= 15 is 0 Å². The van der Waals surface area contributed by atoms with E-state index in [1.807, 2.05) is 30.3 Å². The summed E-state index contributed by atoms with van der Waals surface area (Å²) in [7, 11) is 0. The highest BCUT2D eigenvalue weighted by molar-refractivity contribution is 5.94. The minimum Gasteiger partial charge on any atom is -0.452 e. The van der Waals surface area contributed by atoms with Crippen LogP contribution >= 0.6 is 0 Å². The molecule has 6 nitrogen and oxygen atoms in total. The second-order valence-corrected chi connectivity index (χ2v) is 5.87. The molecule has 1 amide bonds. The second-order valence-electron chi connectivity index (χ2n) is 5.87. The molecule has 0 spiro atoms. The Morgan fingerprint density at radius 2 is 1.64 bits per heavy atom. The highest BCUT2D eigenvalue weighted by atomic mass is 19.3. The van der Waals surface area contributed by atoms with E-state index in [-0.39, 0.29) is 17.1 Å². The van der Waals surface area contributed by atoms with Crippen LogP contribution in [0.5, 0.6) is 5.75 Å². The molecule has 1 atom stereocenters. The van der Waals surface area contributed by atoms with Gasteiger partial charge in [-0.2, -0.15) is 8.78 Å². The van der Waals surface area contributed by atoms with Gasteiger partial charge in [-0.05, 0) is 31.0 Å². The predicted molar refractivity (Wildman–Crippen MR) is 96.1 cm³/mol. The standard InChI is InChI=1S/C20H19F2NO5/c1-13(24)16(11-14-7-3-2-4-8-14)23-18(25)12-27-19(26)15-9-5-6-10-17(15)28-20(21)22/h2-10,16,20H,11-12H2,1H3,(H,23,25)/t16-/m1/s1. The van der Waals surface area contributed by atoms with Crippen LogP contribution in [-0.2, 0) is 20.7 Å². The normalized spacial score (nSPS) is 11.6. The summed E-state index contributed by atoms with van der Waals surface area (Å²) in [6, 6.07) is 13.6. The molecule has 2 aromatic rings. The van der Waals surface area contributed by atoms with E-state index in [1.165, 1.54) is 31.2 Å². The number of hydrogen-bond acceptors (Lipinski definition) is 5. The van der Waals surface area contributed by atoms with Gasteiger partial charge in [-0.1, -0.05) is 42.5 Å². The average molecular weight is 391 g/mol. The van der Waals surface area contributed by atoms with Gasteiger partial charge in [-0.15, -0.1) is 0 Å². The lowest BCUT2D eigenvalue weighted by molar-refractivity contribution is -0.128. The summed E-state index contributed by atoms with van der Waals surface area (Å²) in [4.78, 5) is 35.9. The van der Waals surface area contributed by atoms with Crippen LogP contribution in [0.3, 0.4) is 0 Å². The lowest BCUT2D eigenvalue weighted by Gasteiger charge is -2.16. The monoisotopic (exact) mass is 391 g/mol. The predicted octanol–water partition coefficient (Wildman–Crippen LogP) is 2.76. The molecule has 28 heavy (non-hydrogen) atoms. The Morgan fingerprint density at radius 3 is 2.29 bits per heavy atom. The van der Waals surface area contributed by atoms with Gasteiger partial charge in [0.15, 0.2) is 12.4 Å². The van der Waals surface area contributed by atoms with E-state index in [0.29, 0.717) is 6.42 Å². The summed E-state index contributed by atoms with van der Waals surface area (Å²) < 4.78 is 33.9. The lowest BCUT2D eigenvalue weighted by Crippen LogP contribution is -2.43.